The predicted molar refractivity (Wildman–Crippen MR) is 84.3 cm³/mol. The van der Waals surface area contributed by atoms with Gasteiger partial charge >= 0.3 is 0 Å². The van der Waals surface area contributed by atoms with Crippen LogP contribution in [0.1, 0.15) is 22.0 Å². The molecule has 0 aliphatic carbocycles. The van der Waals surface area contributed by atoms with Gasteiger partial charge in [0.15, 0.2) is 0 Å². The molecule has 8 nitrogen and oxygen atoms in total. The van der Waals surface area contributed by atoms with Gasteiger partial charge in [0.2, 0.25) is 0 Å². The van der Waals surface area contributed by atoms with Crippen molar-refractivity contribution in [2.24, 2.45) is 5.73 Å². The number of hydrogen-bond donors (Lipinski definition) is 3. The van der Waals surface area contributed by atoms with Crippen LogP contribution in [0, 0.1) is 15.9 Å². The molecule has 1 aromatic carbocycles. The SMILES string of the molecule is NC(=O)c1cc([N+](=O)[O-])cnc1NCC(O)c1ccc(Cl)c(F)c1. The Balaban J connectivity index is 2.17. The van der Waals surface area contributed by atoms with Gasteiger partial charge in [0.25, 0.3) is 11.6 Å². The summed E-state index contributed by atoms with van der Waals surface area (Å²) in [6.07, 6.45) is -0.183. The van der Waals surface area contributed by atoms with E-state index in [0.29, 0.717) is 0 Å². The Labute approximate surface area is 140 Å². The zero-order chi connectivity index (χ0) is 17.9. The van der Waals surface area contributed by atoms with Crippen molar-refractivity contribution in [3.8, 4) is 0 Å². The van der Waals surface area contributed by atoms with Crippen LogP contribution in [0.25, 0.3) is 0 Å². The van der Waals surface area contributed by atoms with Gasteiger partial charge in [0.05, 0.1) is 21.6 Å². The van der Waals surface area contributed by atoms with Crippen LogP contribution >= 0.6 is 11.6 Å². The van der Waals surface area contributed by atoms with Crippen LogP contribution in [-0.2, 0) is 0 Å². The summed E-state index contributed by atoms with van der Waals surface area (Å²) in [5, 5.41) is 23.3. The monoisotopic (exact) mass is 354 g/mol. The van der Waals surface area contributed by atoms with Gasteiger partial charge in [0, 0.05) is 12.6 Å². The number of nitrogens with two attached hydrogens (primary N) is 1. The van der Waals surface area contributed by atoms with E-state index in [0.717, 1.165) is 18.3 Å². The number of amides is 1. The fourth-order valence-electron chi connectivity index (χ4n) is 1.91. The van der Waals surface area contributed by atoms with Gasteiger partial charge in [-0.05, 0) is 17.7 Å². The number of carbonyl (C=O) groups is 1. The van der Waals surface area contributed by atoms with Crippen molar-refractivity contribution in [1.82, 2.24) is 4.98 Å². The summed E-state index contributed by atoms with van der Waals surface area (Å²) in [6, 6.07) is 4.80. The number of benzene rings is 1. The third kappa shape index (κ3) is 3.94. The zero-order valence-corrected chi connectivity index (χ0v) is 12.8. The maximum Gasteiger partial charge on any atom is 0.288 e. The summed E-state index contributed by atoms with van der Waals surface area (Å²) >= 11 is 5.57. The number of aromatic nitrogens is 1. The van der Waals surface area contributed by atoms with Crippen molar-refractivity contribution in [3.05, 3.63) is 62.5 Å². The van der Waals surface area contributed by atoms with E-state index < -0.39 is 28.4 Å². The minimum Gasteiger partial charge on any atom is -0.387 e. The molecule has 0 spiro atoms. The van der Waals surface area contributed by atoms with Crippen LogP contribution < -0.4 is 11.1 Å². The number of nitrogens with zero attached hydrogens (tertiary/aromatic N) is 2. The second-order valence-electron chi connectivity index (χ2n) is 4.78. The Bertz CT molecular complexity index is 802. The van der Waals surface area contributed by atoms with Crippen molar-refractivity contribution in [2.45, 2.75) is 6.10 Å². The largest absolute Gasteiger partial charge is 0.387 e. The van der Waals surface area contributed by atoms with Crippen molar-refractivity contribution < 1.29 is 19.2 Å². The number of halogens is 2. The lowest BCUT2D eigenvalue weighted by Gasteiger charge is -2.14. The fourth-order valence-corrected chi connectivity index (χ4v) is 2.03. The first kappa shape index (κ1) is 17.6. The van der Waals surface area contributed by atoms with E-state index in [1.165, 1.54) is 12.1 Å². The van der Waals surface area contributed by atoms with Crippen molar-refractivity contribution >= 4 is 29.0 Å². The molecule has 10 heteroatoms. The summed E-state index contributed by atoms with van der Waals surface area (Å²) in [5.41, 5.74) is 4.84. The van der Waals surface area contributed by atoms with Crippen LogP contribution in [0.3, 0.4) is 0 Å². The summed E-state index contributed by atoms with van der Waals surface area (Å²) in [6.45, 7) is -0.133. The van der Waals surface area contributed by atoms with E-state index in [2.05, 4.69) is 10.3 Å². The first-order valence-electron chi connectivity index (χ1n) is 6.60. The van der Waals surface area contributed by atoms with Crippen LogP contribution in [0.5, 0.6) is 0 Å². The summed E-state index contributed by atoms with van der Waals surface area (Å²) in [7, 11) is 0. The Kier molecular flexibility index (Phi) is 5.27. The molecule has 0 saturated carbocycles. The smallest absolute Gasteiger partial charge is 0.288 e. The number of nitrogens with one attached hydrogen (secondary N) is 1. The molecule has 0 aliphatic heterocycles. The van der Waals surface area contributed by atoms with Gasteiger partial charge < -0.3 is 16.2 Å². The van der Waals surface area contributed by atoms with Crippen LogP contribution in [-0.4, -0.2) is 27.5 Å². The quantitative estimate of drug-likeness (QED) is 0.537. The van der Waals surface area contributed by atoms with E-state index in [1.807, 2.05) is 0 Å². The van der Waals surface area contributed by atoms with E-state index in [-0.39, 0.29) is 28.5 Å². The number of primary amides is 1. The molecule has 0 saturated heterocycles. The van der Waals surface area contributed by atoms with Gasteiger partial charge in [-0.3, -0.25) is 14.9 Å². The highest BCUT2D eigenvalue weighted by Gasteiger charge is 2.17. The first-order chi connectivity index (χ1) is 11.3. The minimum atomic E-state index is -1.13. The molecule has 2 aromatic rings. The molecule has 24 heavy (non-hydrogen) atoms. The highest BCUT2D eigenvalue weighted by molar-refractivity contribution is 6.30. The number of aliphatic hydroxyl groups excluding tert-OH is 1. The average molecular weight is 355 g/mol. The summed E-state index contributed by atoms with van der Waals surface area (Å²) in [5.74, 6) is -1.62. The highest BCUT2D eigenvalue weighted by Crippen LogP contribution is 2.22. The van der Waals surface area contributed by atoms with E-state index in [4.69, 9.17) is 17.3 Å². The normalized spacial score (nSPS) is 11.8. The maximum absolute atomic E-state index is 13.4. The number of rotatable bonds is 6. The molecule has 0 bridgehead atoms. The molecular formula is C14H12ClFN4O4. The summed E-state index contributed by atoms with van der Waals surface area (Å²) in [4.78, 5) is 25.1. The Hall–Kier alpha value is -2.78. The Morgan fingerprint density at radius 2 is 2.21 bits per heavy atom. The molecule has 1 unspecified atom stereocenters. The van der Waals surface area contributed by atoms with Crippen molar-refractivity contribution in [1.29, 1.82) is 0 Å². The van der Waals surface area contributed by atoms with Gasteiger partial charge in [-0.1, -0.05) is 17.7 Å². The van der Waals surface area contributed by atoms with Crippen molar-refractivity contribution in [3.63, 3.8) is 0 Å². The number of hydrogen-bond acceptors (Lipinski definition) is 6. The van der Waals surface area contributed by atoms with Crippen LogP contribution in [0.15, 0.2) is 30.5 Å². The standard InChI is InChI=1S/C14H12ClFN4O4/c15-10-2-1-7(3-11(10)16)12(21)6-19-14-9(13(17)22)4-8(5-18-14)20(23)24/h1-5,12,21H,6H2,(H2,17,22)(H,18,19). The molecule has 0 fully saturated rings. The number of carbonyl (C=O) groups excluding carboxylic acids is 1. The number of anilines is 1. The Morgan fingerprint density at radius 1 is 1.50 bits per heavy atom. The second kappa shape index (κ2) is 7.20. The molecule has 1 atom stereocenters. The number of aliphatic hydroxyl groups is 1. The van der Waals surface area contributed by atoms with Gasteiger partial charge in [-0.2, -0.15) is 0 Å². The fraction of sp³-hybridized carbons (Fsp3) is 0.143. The third-order valence-corrected chi connectivity index (χ3v) is 3.45. The van der Waals surface area contributed by atoms with Gasteiger partial charge in [-0.15, -0.1) is 0 Å². The van der Waals surface area contributed by atoms with Gasteiger partial charge in [-0.25, -0.2) is 9.37 Å². The molecule has 0 aliphatic rings. The van der Waals surface area contributed by atoms with E-state index >= 15 is 0 Å². The average Bonchev–Trinajstić information content (AvgIpc) is 2.54. The zero-order valence-electron chi connectivity index (χ0n) is 12.1. The molecule has 1 aromatic heterocycles. The van der Waals surface area contributed by atoms with Crippen LogP contribution in [0.4, 0.5) is 15.9 Å². The van der Waals surface area contributed by atoms with E-state index in [9.17, 15) is 24.4 Å². The molecular weight excluding hydrogens is 343 g/mol. The lowest BCUT2D eigenvalue weighted by atomic mass is 10.1. The lowest BCUT2D eigenvalue weighted by molar-refractivity contribution is -0.385. The maximum atomic E-state index is 13.4. The number of nitro groups is 1. The molecule has 0 radical (unpaired) electrons. The van der Waals surface area contributed by atoms with Crippen LogP contribution in [0.2, 0.25) is 5.02 Å². The topological polar surface area (TPSA) is 131 Å². The minimum absolute atomic E-state index is 0.0263. The highest BCUT2D eigenvalue weighted by atomic mass is 35.5. The molecule has 4 N–H and O–H groups in total. The third-order valence-electron chi connectivity index (χ3n) is 3.14. The van der Waals surface area contributed by atoms with Gasteiger partial charge in [0.1, 0.15) is 17.8 Å². The number of pyridine rings is 1. The first-order valence-corrected chi connectivity index (χ1v) is 6.98. The summed E-state index contributed by atoms with van der Waals surface area (Å²) < 4.78 is 13.4. The molecule has 2 rings (SSSR count). The van der Waals surface area contributed by atoms with Crippen molar-refractivity contribution in [2.75, 3.05) is 11.9 Å². The lowest BCUT2D eigenvalue weighted by Crippen LogP contribution is -2.19. The predicted octanol–water partition coefficient (Wildman–Crippen LogP) is 2.03. The molecule has 126 valence electrons. The van der Waals surface area contributed by atoms with E-state index in [1.54, 1.807) is 0 Å². The molecule has 1 amide bonds. The molecule has 1 heterocycles. The second-order valence-corrected chi connectivity index (χ2v) is 5.19. The Morgan fingerprint density at radius 3 is 2.79 bits per heavy atom.